The Morgan fingerprint density at radius 2 is 2.00 bits per heavy atom. The molecule has 1 amide bonds. The summed E-state index contributed by atoms with van der Waals surface area (Å²) in [7, 11) is 1.53. The van der Waals surface area contributed by atoms with E-state index in [1.807, 2.05) is 51.8 Å². The summed E-state index contributed by atoms with van der Waals surface area (Å²) in [4.78, 5) is 23.7. The lowest BCUT2D eigenvalue weighted by Crippen LogP contribution is -2.40. The Morgan fingerprint density at radius 3 is 2.82 bits per heavy atom. The van der Waals surface area contributed by atoms with Crippen LogP contribution < -0.4 is 4.74 Å². The molecule has 5 aromatic heterocycles. The average molecular weight is 627 g/mol. The van der Waals surface area contributed by atoms with Gasteiger partial charge in [0.2, 0.25) is 5.91 Å². The smallest absolute Gasteiger partial charge is 0.246 e. The number of halogens is 2. The van der Waals surface area contributed by atoms with Crippen LogP contribution in [0.5, 0.6) is 5.75 Å². The number of fused-ring (bicyclic) bond motifs is 3. The number of thiophene rings is 1. The second-order valence-electron chi connectivity index (χ2n) is 10.7. The maximum atomic E-state index is 16.0. The van der Waals surface area contributed by atoms with E-state index in [9.17, 15) is 9.18 Å². The van der Waals surface area contributed by atoms with Crippen molar-refractivity contribution in [2.45, 2.75) is 19.5 Å². The van der Waals surface area contributed by atoms with Gasteiger partial charge >= 0.3 is 0 Å². The third-order valence-electron chi connectivity index (χ3n) is 8.07. The van der Waals surface area contributed by atoms with E-state index >= 15 is 4.39 Å². The summed E-state index contributed by atoms with van der Waals surface area (Å²) in [6, 6.07) is 9.53. The first-order valence-corrected chi connectivity index (χ1v) is 15.2. The highest BCUT2D eigenvalue weighted by molar-refractivity contribution is 7.18. The predicted molar refractivity (Wildman–Crippen MR) is 168 cm³/mol. The highest BCUT2D eigenvalue weighted by Gasteiger charge is 2.31. The Labute approximate surface area is 261 Å². The molecule has 0 bridgehead atoms. The van der Waals surface area contributed by atoms with Crippen LogP contribution in [0.15, 0.2) is 73.2 Å². The molecule has 12 heteroatoms. The molecule has 6 aromatic rings. The lowest BCUT2D eigenvalue weighted by atomic mass is 9.96. The minimum absolute atomic E-state index is 0.0378. The Morgan fingerprint density at radius 1 is 1.13 bits per heavy atom. The standard InChI is InChI=1S/C33H28F2N6O3S/c1-4-28(42)40-8-9-41-26(19(40)2)16-25(38-41)32-30(29-24(35)14-21(34)15-27(29)44-11-10-43-3)33-23(6-12-45-33)31(37-32)20-5-7-39-18-36-17-22(39)13-20/h4-7,12-19H,1,8-11H2,2-3H3. The van der Waals surface area contributed by atoms with Gasteiger partial charge in [-0.1, -0.05) is 6.58 Å². The number of rotatable bonds is 8. The van der Waals surface area contributed by atoms with Crippen molar-refractivity contribution in [3.05, 3.63) is 90.5 Å². The fourth-order valence-electron chi connectivity index (χ4n) is 5.91. The van der Waals surface area contributed by atoms with E-state index in [1.165, 1.54) is 30.6 Å². The number of hydrogen-bond acceptors (Lipinski definition) is 7. The molecule has 9 nitrogen and oxygen atoms in total. The molecule has 0 fully saturated rings. The number of amides is 1. The Hall–Kier alpha value is -4.94. The number of benzene rings is 1. The average Bonchev–Trinajstić information content (AvgIpc) is 3.80. The first-order valence-electron chi connectivity index (χ1n) is 14.3. The van der Waals surface area contributed by atoms with E-state index in [4.69, 9.17) is 19.6 Å². The number of carbonyl (C=O) groups excluding carboxylic acids is 1. The second-order valence-corrected chi connectivity index (χ2v) is 11.6. The SMILES string of the molecule is C=CC(=O)N1CCn2nc(-c3nc(-c4ccn5cncc5c4)c4ccsc4c3-c3c(F)cc(F)cc3OCCOC)cc2C1C. The van der Waals surface area contributed by atoms with Crippen LogP contribution in [0, 0.1) is 11.6 Å². The molecule has 6 heterocycles. The van der Waals surface area contributed by atoms with Gasteiger partial charge in [0.1, 0.15) is 35.4 Å². The van der Waals surface area contributed by atoms with Gasteiger partial charge in [0.25, 0.3) is 0 Å². The Bertz CT molecular complexity index is 2100. The van der Waals surface area contributed by atoms with Crippen molar-refractivity contribution in [3.63, 3.8) is 0 Å². The fraction of sp³-hybridized carbons (Fsp3) is 0.212. The van der Waals surface area contributed by atoms with Crippen molar-refractivity contribution >= 4 is 32.8 Å². The maximum Gasteiger partial charge on any atom is 0.246 e. The number of ether oxygens (including phenoxy) is 2. The molecule has 1 aliphatic heterocycles. The lowest BCUT2D eigenvalue weighted by Gasteiger charge is -2.33. The summed E-state index contributed by atoms with van der Waals surface area (Å²) in [5, 5.41) is 7.64. The topological polar surface area (TPSA) is 86.8 Å². The zero-order valence-electron chi connectivity index (χ0n) is 24.5. The van der Waals surface area contributed by atoms with E-state index in [0.717, 1.165) is 32.9 Å². The third kappa shape index (κ3) is 4.95. The molecule has 0 saturated heterocycles. The quantitative estimate of drug-likeness (QED) is 0.141. The minimum atomic E-state index is -0.784. The molecule has 7 rings (SSSR count). The first-order chi connectivity index (χ1) is 21.9. The fourth-order valence-corrected chi connectivity index (χ4v) is 6.85. The number of nitrogens with zero attached hydrogens (tertiary/aromatic N) is 6. The zero-order chi connectivity index (χ0) is 31.2. The van der Waals surface area contributed by atoms with Gasteiger partial charge in [-0.05, 0) is 42.6 Å². The van der Waals surface area contributed by atoms with Crippen molar-refractivity contribution in [2.24, 2.45) is 0 Å². The Kier molecular flexibility index (Phi) is 7.38. The van der Waals surface area contributed by atoms with Crippen molar-refractivity contribution in [1.29, 1.82) is 0 Å². The maximum absolute atomic E-state index is 16.0. The van der Waals surface area contributed by atoms with E-state index in [1.54, 1.807) is 17.4 Å². The lowest BCUT2D eigenvalue weighted by molar-refractivity contribution is -0.129. The van der Waals surface area contributed by atoms with Crippen molar-refractivity contribution in [1.82, 2.24) is 29.0 Å². The minimum Gasteiger partial charge on any atom is -0.490 e. The monoisotopic (exact) mass is 626 g/mol. The summed E-state index contributed by atoms with van der Waals surface area (Å²) in [6.07, 6.45) is 6.71. The van der Waals surface area contributed by atoms with Crippen molar-refractivity contribution in [2.75, 3.05) is 26.9 Å². The first kappa shape index (κ1) is 28.8. The summed E-state index contributed by atoms with van der Waals surface area (Å²) < 4.78 is 46.1. The molecule has 1 aliphatic rings. The van der Waals surface area contributed by atoms with Gasteiger partial charge in [-0.3, -0.25) is 9.48 Å². The van der Waals surface area contributed by atoms with E-state index < -0.39 is 11.6 Å². The predicted octanol–water partition coefficient (Wildman–Crippen LogP) is 6.53. The molecule has 1 unspecified atom stereocenters. The van der Waals surface area contributed by atoms with Gasteiger partial charge in [0.05, 0.1) is 54.2 Å². The number of hydrogen-bond donors (Lipinski definition) is 0. The Balaban J connectivity index is 1.50. The molecular formula is C33H28F2N6O3S. The van der Waals surface area contributed by atoms with Crippen molar-refractivity contribution < 1.29 is 23.0 Å². The van der Waals surface area contributed by atoms with Gasteiger partial charge in [0, 0.05) is 53.2 Å². The van der Waals surface area contributed by atoms with Crippen LogP contribution in [0.4, 0.5) is 8.78 Å². The van der Waals surface area contributed by atoms with Gasteiger partial charge in [0.15, 0.2) is 0 Å². The van der Waals surface area contributed by atoms with Gasteiger partial charge in [-0.2, -0.15) is 5.10 Å². The van der Waals surface area contributed by atoms with Crippen LogP contribution in [0.25, 0.3) is 49.4 Å². The van der Waals surface area contributed by atoms with E-state index in [0.29, 0.717) is 35.7 Å². The number of methoxy groups -OCH3 is 1. The molecule has 1 atom stereocenters. The van der Waals surface area contributed by atoms with Crippen molar-refractivity contribution in [3.8, 4) is 39.5 Å². The molecule has 1 aromatic carbocycles. The van der Waals surface area contributed by atoms with Crippen LogP contribution in [0.1, 0.15) is 18.7 Å². The highest BCUT2D eigenvalue weighted by atomic mass is 32.1. The molecule has 0 radical (unpaired) electrons. The molecule has 0 saturated carbocycles. The molecule has 0 spiro atoms. The number of aromatic nitrogens is 5. The van der Waals surface area contributed by atoms with Gasteiger partial charge in [-0.15, -0.1) is 11.3 Å². The normalized spacial score (nSPS) is 14.7. The summed E-state index contributed by atoms with van der Waals surface area (Å²) in [5.74, 6) is -1.67. The van der Waals surface area contributed by atoms with Crippen LogP contribution in [0.3, 0.4) is 0 Å². The molecule has 0 aliphatic carbocycles. The van der Waals surface area contributed by atoms with E-state index in [-0.39, 0.29) is 36.5 Å². The van der Waals surface area contributed by atoms with Crippen LogP contribution in [-0.4, -0.2) is 61.8 Å². The highest BCUT2D eigenvalue weighted by Crippen LogP contribution is 2.47. The van der Waals surface area contributed by atoms with Crippen LogP contribution >= 0.6 is 11.3 Å². The zero-order valence-corrected chi connectivity index (χ0v) is 25.4. The van der Waals surface area contributed by atoms with Crippen LogP contribution in [0.2, 0.25) is 0 Å². The summed E-state index contributed by atoms with van der Waals surface area (Å²) in [6.45, 7) is 6.83. The molecule has 45 heavy (non-hydrogen) atoms. The van der Waals surface area contributed by atoms with Gasteiger partial charge < -0.3 is 18.8 Å². The third-order valence-corrected chi connectivity index (χ3v) is 9.00. The number of pyridine rings is 2. The molecule has 228 valence electrons. The number of imidazole rings is 1. The van der Waals surface area contributed by atoms with E-state index in [2.05, 4.69) is 11.6 Å². The number of carbonyl (C=O) groups is 1. The molecule has 0 N–H and O–H groups in total. The molecular weight excluding hydrogens is 598 g/mol. The van der Waals surface area contributed by atoms with Gasteiger partial charge in [-0.25, -0.2) is 18.7 Å². The summed E-state index contributed by atoms with van der Waals surface area (Å²) in [5.41, 5.74) is 4.66. The summed E-state index contributed by atoms with van der Waals surface area (Å²) >= 11 is 1.43. The van der Waals surface area contributed by atoms with Crippen LogP contribution in [-0.2, 0) is 16.1 Å². The largest absolute Gasteiger partial charge is 0.490 e. The second kappa shape index (κ2) is 11.5.